The first-order chi connectivity index (χ1) is 8.34. The Kier molecular flexibility index (Phi) is 2.57. The predicted molar refractivity (Wildman–Crippen MR) is 68.4 cm³/mol. The first-order valence-corrected chi connectivity index (χ1v) is 5.93. The number of anilines is 1. The Hall–Kier alpha value is -1.81. The molecule has 3 heterocycles. The van der Waals surface area contributed by atoms with Crippen LogP contribution in [-0.2, 0) is 0 Å². The predicted octanol–water partition coefficient (Wildman–Crippen LogP) is 1.41. The van der Waals surface area contributed by atoms with Gasteiger partial charge in [-0.1, -0.05) is 0 Å². The molecule has 2 N–H and O–H groups in total. The van der Waals surface area contributed by atoms with E-state index in [0.29, 0.717) is 0 Å². The lowest BCUT2D eigenvalue weighted by Gasteiger charge is -2.20. The average Bonchev–Trinajstić information content (AvgIpc) is 3.00. The van der Waals surface area contributed by atoms with Crippen molar-refractivity contribution >= 4 is 5.82 Å². The molecule has 3 rings (SSSR count). The van der Waals surface area contributed by atoms with Gasteiger partial charge in [-0.25, -0.2) is 4.98 Å². The summed E-state index contributed by atoms with van der Waals surface area (Å²) in [7, 11) is 0. The summed E-state index contributed by atoms with van der Waals surface area (Å²) in [4.78, 5) is 6.76. The molecular weight excluding hydrogens is 212 g/mol. The molecular formula is C13H16N4. The van der Waals surface area contributed by atoms with Gasteiger partial charge in [-0.3, -0.25) is 0 Å². The minimum Gasteiger partial charge on any atom is -0.353 e. The molecule has 2 aromatic heterocycles. The van der Waals surface area contributed by atoms with Crippen LogP contribution in [0.2, 0.25) is 0 Å². The molecule has 0 aromatic carbocycles. The molecule has 4 nitrogen and oxygen atoms in total. The zero-order valence-corrected chi connectivity index (χ0v) is 9.66. The fraction of sp³-hybridized carbons (Fsp3) is 0.308. The smallest absolute Gasteiger partial charge is 0.152 e. The third kappa shape index (κ3) is 1.91. The highest BCUT2D eigenvalue weighted by molar-refractivity contribution is 5.58. The standard InChI is InChI=1S/C13H16N4/c14-11-5-9-17(10-11)13-12(4-3-6-15-13)16-7-1-2-8-16/h1-4,6-8,11H,5,9-10,14H2/t11-/m1/s1. The number of pyridine rings is 1. The van der Waals surface area contributed by atoms with Crippen molar-refractivity contribution in [3.63, 3.8) is 0 Å². The monoisotopic (exact) mass is 228 g/mol. The molecule has 0 spiro atoms. The van der Waals surface area contributed by atoms with Crippen LogP contribution in [0.4, 0.5) is 5.82 Å². The normalized spacial score (nSPS) is 19.8. The molecule has 0 unspecified atom stereocenters. The SMILES string of the molecule is N[C@@H]1CCN(c2ncccc2-n2cccc2)C1. The molecule has 0 aliphatic carbocycles. The molecule has 0 amide bonds. The minimum atomic E-state index is 0.273. The maximum Gasteiger partial charge on any atom is 0.152 e. The molecule has 2 aromatic rings. The van der Waals surface area contributed by atoms with Crippen molar-refractivity contribution in [1.82, 2.24) is 9.55 Å². The molecule has 0 saturated carbocycles. The Morgan fingerprint density at radius 2 is 2.06 bits per heavy atom. The van der Waals surface area contributed by atoms with E-state index in [1.54, 1.807) is 0 Å². The van der Waals surface area contributed by atoms with Crippen molar-refractivity contribution in [2.45, 2.75) is 12.5 Å². The summed E-state index contributed by atoms with van der Waals surface area (Å²) in [5, 5.41) is 0. The lowest BCUT2D eigenvalue weighted by molar-refractivity contribution is 0.751. The summed E-state index contributed by atoms with van der Waals surface area (Å²) < 4.78 is 2.09. The van der Waals surface area contributed by atoms with Crippen LogP contribution in [0.5, 0.6) is 0 Å². The van der Waals surface area contributed by atoms with Gasteiger partial charge in [-0.15, -0.1) is 0 Å². The van der Waals surface area contributed by atoms with Gasteiger partial charge in [0.15, 0.2) is 5.82 Å². The lowest BCUT2D eigenvalue weighted by atomic mass is 10.3. The third-order valence-electron chi connectivity index (χ3n) is 3.17. The number of rotatable bonds is 2. The van der Waals surface area contributed by atoms with Gasteiger partial charge in [-0.05, 0) is 30.7 Å². The Morgan fingerprint density at radius 3 is 2.76 bits per heavy atom. The van der Waals surface area contributed by atoms with Gasteiger partial charge in [0, 0.05) is 37.7 Å². The van der Waals surface area contributed by atoms with Crippen LogP contribution < -0.4 is 10.6 Å². The van der Waals surface area contributed by atoms with E-state index in [-0.39, 0.29) is 6.04 Å². The van der Waals surface area contributed by atoms with E-state index in [1.807, 2.05) is 36.8 Å². The molecule has 0 bridgehead atoms. The summed E-state index contributed by atoms with van der Waals surface area (Å²) in [5.74, 6) is 1.02. The highest BCUT2D eigenvalue weighted by Gasteiger charge is 2.22. The highest BCUT2D eigenvalue weighted by atomic mass is 15.2. The van der Waals surface area contributed by atoms with Crippen molar-refractivity contribution in [3.8, 4) is 5.69 Å². The van der Waals surface area contributed by atoms with Crippen molar-refractivity contribution < 1.29 is 0 Å². The van der Waals surface area contributed by atoms with E-state index < -0.39 is 0 Å². The first kappa shape index (κ1) is 10.4. The van der Waals surface area contributed by atoms with Crippen molar-refractivity contribution in [2.24, 2.45) is 5.73 Å². The topological polar surface area (TPSA) is 47.1 Å². The molecule has 1 atom stereocenters. The molecule has 1 fully saturated rings. The Balaban J connectivity index is 1.99. The van der Waals surface area contributed by atoms with Crippen LogP contribution in [0, 0.1) is 0 Å². The van der Waals surface area contributed by atoms with Crippen molar-refractivity contribution in [1.29, 1.82) is 0 Å². The van der Waals surface area contributed by atoms with Gasteiger partial charge < -0.3 is 15.2 Å². The van der Waals surface area contributed by atoms with Crippen LogP contribution in [-0.4, -0.2) is 28.7 Å². The Bertz CT molecular complexity index is 492. The van der Waals surface area contributed by atoms with Gasteiger partial charge in [0.2, 0.25) is 0 Å². The van der Waals surface area contributed by atoms with E-state index in [0.717, 1.165) is 31.0 Å². The first-order valence-electron chi connectivity index (χ1n) is 5.93. The summed E-state index contributed by atoms with van der Waals surface area (Å²) >= 11 is 0. The number of nitrogens with zero attached hydrogens (tertiary/aromatic N) is 3. The second-order valence-corrected chi connectivity index (χ2v) is 4.43. The third-order valence-corrected chi connectivity index (χ3v) is 3.17. The zero-order valence-electron chi connectivity index (χ0n) is 9.66. The van der Waals surface area contributed by atoms with Crippen LogP contribution in [0.1, 0.15) is 6.42 Å². The van der Waals surface area contributed by atoms with E-state index in [4.69, 9.17) is 5.73 Å². The van der Waals surface area contributed by atoms with Crippen LogP contribution in [0.3, 0.4) is 0 Å². The quantitative estimate of drug-likeness (QED) is 0.845. The molecule has 0 radical (unpaired) electrons. The van der Waals surface area contributed by atoms with Crippen molar-refractivity contribution in [2.75, 3.05) is 18.0 Å². The average molecular weight is 228 g/mol. The van der Waals surface area contributed by atoms with Gasteiger partial charge in [0.05, 0.1) is 5.69 Å². The summed E-state index contributed by atoms with van der Waals surface area (Å²) in [6.45, 7) is 1.89. The van der Waals surface area contributed by atoms with Crippen LogP contribution in [0.15, 0.2) is 42.9 Å². The summed E-state index contributed by atoms with van der Waals surface area (Å²) in [6, 6.07) is 8.37. The zero-order chi connectivity index (χ0) is 11.7. The van der Waals surface area contributed by atoms with Crippen LogP contribution >= 0.6 is 0 Å². The van der Waals surface area contributed by atoms with Crippen molar-refractivity contribution in [3.05, 3.63) is 42.9 Å². The van der Waals surface area contributed by atoms with Gasteiger partial charge >= 0.3 is 0 Å². The van der Waals surface area contributed by atoms with E-state index >= 15 is 0 Å². The molecule has 1 saturated heterocycles. The van der Waals surface area contributed by atoms with Gasteiger partial charge in [0.25, 0.3) is 0 Å². The maximum atomic E-state index is 5.95. The molecule has 1 aliphatic heterocycles. The fourth-order valence-corrected chi connectivity index (χ4v) is 2.31. The Labute approximate surface area is 101 Å². The van der Waals surface area contributed by atoms with Gasteiger partial charge in [-0.2, -0.15) is 0 Å². The second-order valence-electron chi connectivity index (χ2n) is 4.43. The molecule has 4 heteroatoms. The minimum absolute atomic E-state index is 0.273. The largest absolute Gasteiger partial charge is 0.353 e. The number of nitrogens with two attached hydrogens (primary N) is 1. The van der Waals surface area contributed by atoms with E-state index in [1.165, 1.54) is 0 Å². The Morgan fingerprint density at radius 1 is 1.24 bits per heavy atom. The van der Waals surface area contributed by atoms with Crippen LogP contribution in [0.25, 0.3) is 5.69 Å². The number of aromatic nitrogens is 2. The molecule has 1 aliphatic rings. The molecule has 88 valence electrons. The summed E-state index contributed by atoms with van der Waals surface area (Å²) in [6.07, 6.45) is 6.96. The maximum absolute atomic E-state index is 5.95. The van der Waals surface area contributed by atoms with Gasteiger partial charge in [0.1, 0.15) is 0 Å². The number of hydrogen-bond donors (Lipinski definition) is 1. The number of hydrogen-bond acceptors (Lipinski definition) is 3. The van der Waals surface area contributed by atoms with E-state index in [9.17, 15) is 0 Å². The molecule has 17 heavy (non-hydrogen) atoms. The highest BCUT2D eigenvalue weighted by Crippen LogP contribution is 2.24. The fourth-order valence-electron chi connectivity index (χ4n) is 2.31. The van der Waals surface area contributed by atoms with E-state index in [2.05, 4.69) is 20.5 Å². The lowest BCUT2D eigenvalue weighted by Crippen LogP contribution is -2.27. The summed E-state index contributed by atoms with van der Waals surface area (Å²) in [5.41, 5.74) is 7.07. The second kappa shape index (κ2) is 4.22.